The van der Waals surface area contributed by atoms with Crippen LogP contribution >= 0.6 is 0 Å². The number of nitrogens with two attached hydrogens (primary N) is 1. The van der Waals surface area contributed by atoms with Crippen LogP contribution in [0.25, 0.3) is 0 Å². The van der Waals surface area contributed by atoms with E-state index in [1.54, 1.807) is 48.5 Å². The van der Waals surface area contributed by atoms with Crippen LogP contribution in [0.4, 0.5) is 9.18 Å². The number of hydrogen-bond donors (Lipinski definition) is 5. The molecule has 10 heteroatoms. The minimum atomic E-state index is -1.38. The summed E-state index contributed by atoms with van der Waals surface area (Å²) in [5, 5.41) is 22.9. The summed E-state index contributed by atoms with van der Waals surface area (Å²) in [5.74, 6) is -1.49. The van der Waals surface area contributed by atoms with E-state index < -0.39 is 36.7 Å². The highest BCUT2D eigenvalue weighted by Crippen LogP contribution is 2.12. The minimum absolute atomic E-state index is 0.0269. The third kappa shape index (κ3) is 8.75. The Labute approximate surface area is 226 Å². The zero-order valence-corrected chi connectivity index (χ0v) is 21.3. The molecule has 204 valence electrons. The lowest BCUT2D eigenvalue weighted by Gasteiger charge is -2.20. The van der Waals surface area contributed by atoms with E-state index in [0.717, 1.165) is 16.0 Å². The van der Waals surface area contributed by atoms with E-state index in [0.29, 0.717) is 24.0 Å². The molecule has 0 spiro atoms. The molecule has 3 aromatic carbocycles. The van der Waals surface area contributed by atoms with E-state index in [-0.39, 0.29) is 18.9 Å². The van der Waals surface area contributed by atoms with Gasteiger partial charge in [0, 0.05) is 12.1 Å². The van der Waals surface area contributed by atoms with Gasteiger partial charge in [-0.1, -0.05) is 84.9 Å². The molecule has 0 aromatic heterocycles. The molecule has 0 radical (unpaired) electrons. The monoisotopic (exact) mass is 533 g/mol. The Balaban J connectivity index is 1.51. The summed E-state index contributed by atoms with van der Waals surface area (Å²) in [5.41, 5.74) is 8.72. The highest BCUT2D eigenvalue weighted by Gasteiger charge is 2.24. The van der Waals surface area contributed by atoms with Crippen molar-refractivity contribution in [2.75, 3.05) is 6.67 Å². The van der Waals surface area contributed by atoms with Gasteiger partial charge in [-0.05, 0) is 29.5 Å². The number of carbonyl (C=O) groups is 3. The third-order valence-electron chi connectivity index (χ3n) is 6.09. The van der Waals surface area contributed by atoms with E-state index in [1.807, 2.05) is 36.4 Å². The highest BCUT2D eigenvalue weighted by molar-refractivity contribution is 6.04. The molecule has 2 atom stereocenters. The molecule has 3 aromatic rings. The van der Waals surface area contributed by atoms with Crippen LogP contribution in [0.1, 0.15) is 28.7 Å². The topological polar surface area (TPSA) is 149 Å². The van der Waals surface area contributed by atoms with Crippen molar-refractivity contribution in [3.05, 3.63) is 107 Å². The Morgan fingerprint density at radius 3 is 2.03 bits per heavy atom. The SMILES string of the molecule is N=C(c1ccc(CNC(=O)C(CF)NC(=O)[C@H](N)CCc2ccccc2)cc1)N(Cc1ccccc1)C(=O)O. The molecule has 6 N–H and O–H groups in total. The lowest BCUT2D eigenvalue weighted by molar-refractivity contribution is -0.130. The highest BCUT2D eigenvalue weighted by atomic mass is 19.1. The number of benzene rings is 3. The molecule has 3 rings (SSSR count). The third-order valence-corrected chi connectivity index (χ3v) is 6.09. The standard InChI is InChI=1S/C29H32FN5O4/c30-17-25(34-27(36)24(31)16-13-20-7-3-1-4-8-20)28(37)33-18-21-11-14-23(15-12-21)26(32)35(29(38)39)19-22-9-5-2-6-10-22/h1-12,14-15,24-25,32H,13,16-19,31H2,(H,33,37)(H,34,36)(H,38,39)/t24-,25?/m1/s1. The number of alkyl halides is 1. The fraction of sp³-hybridized carbons (Fsp3) is 0.241. The van der Waals surface area contributed by atoms with Crippen molar-refractivity contribution in [2.24, 2.45) is 5.73 Å². The summed E-state index contributed by atoms with van der Waals surface area (Å²) < 4.78 is 13.6. The number of hydrogen-bond acceptors (Lipinski definition) is 5. The molecule has 0 fully saturated rings. The number of carboxylic acid groups (broad SMARTS) is 1. The molecule has 0 aliphatic rings. The van der Waals surface area contributed by atoms with Gasteiger partial charge >= 0.3 is 6.09 Å². The molecule has 9 nitrogen and oxygen atoms in total. The van der Waals surface area contributed by atoms with Gasteiger partial charge in [-0.15, -0.1) is 0 Å². The van der Waals surface area contributed by atoms with Crippen molar-refractivity contribution >= 4 is 23.7 Å². The molecule has 0 aliphatic carbocycles. The largest absolute Gasteiger partial charge is 0.465 e. The molecule has 0 aliphatic heterocycles. The Bertz CT molecular complexity index is 1260. The van der Waals surface area contributed by atoms with Crippen LogP contribution in [-0.2, 0) is 29.1 Å². The molecular formula is C29H32FN5O4. The average molecular weight is 534 g/mol. The summed E-state index contributed by atoms with van der Waals surface area (Å²) in [4.78, 5) is 37.5. The minimum Gasteiger partial charge on any atom is -0.465 e. The van der Waals surface area contributed by atoms with Gasteiger partial charge in [-0.2, -0.15) is 0 Å². The van der Waals surface area contributed by atoms with Crippen LogP contribution in [0.5, 0.6) is 0 Å². The number of nitrogens with zero attached hydrogens (tertiary/aromatic N) is 1. The lowest BCUT2D eigenvalue weighted by Crippen LogP contribution is -2.52. The van der Waals surface area contributed by atoms with Crippen LogP contribution in [0.3, 0.4) is 0 Å². The Hall–Kier alpha value is -4.57. The van der Waals surface area contributed by atoms with Gasteiger partial charge in [0.1, 0.15) is 18.6 Å². The zero-order valence-electron chi connectivity index (χ0n) is 21.3. The van der Waals surface area contributed by atoms with E-state index in [2.05, 4.69) is 10.6 Å². The summed E-state index contributed by atoms with van der Waals surface area (Å²) >= 11 is 0. The lowest BCUT2D eigenvalue weighted by atomic mass is 10.1. The second-order valence-corrected chi connectivity index (χ2v) is 8.96. The zero-order chi connectivity index (χ0) is 28.2. The normalized spacial score (nSPS) is 12.2. The predicted molar refractivity (Wildman–Crippen MR) is 146 cm³/mol. The molecule has 39 heavy (non-hydrogen) atoms. The molecule has 3 amide bonds. The molecule has 1 unspecified atom stereocenters. The van der Waals surface area contributed by atoms with Gasteiger partial charge in [0.2, 0.25) is 11.8 Å². The van der Waals surface area contributed by atoms with Crippen molar-refractivity contribution in [3.63, 3.8) is 0 Å². The smallest absolute Gasteiger partial charge is 0.413 e. The number of carbonyl (C=O) groups excluding carboxylic acids is 2. The summed E-state index contributed by atoms with van der Waals surface area (Å²) in [6.45, 7) is -1.02. The van der Waals surface area contributed by atoms with Gasteiger partial charge in [-0.25, -0.2) is 9.18 Å². The first-order valence-corrected chi connectivity index (χ1v) is 12.4. The van der Waals surface area contributed by atoms with Crippen LogP contribution in [-0.4, -0.2) is 52.5 Å². The summed E-state index contributed by atoms with van der Waals surface area (Å²) in [7, 11) is 0. The molecule has 0 saturated heterocycles. The van der Waals surface area contributed by atoms with Crippen LogP contribution < -0.4 is 16.4 Å². The van der Waals surface area contributed by atoms with Crippen molar-refractivity contribution < 1.29 is 23.9 Å². The Morgan fingerprint density at radius 1 is 0.872 bits per heavy atom. The van der Waals surface area contributed by atoms with E-state index in [1.165, 1.54) is 0 Å². The first kappa shape index (κ1) is 29.0. The van der Waals surface area contributed by atoms with Gasteiger partial charge in [-0.3, -0.25) is 19.9 Å². The van der Waals surface area contributed by atoms with Gasteiger partial charge in [0.05, 0.1) is 12.6 Å². The number of aryl methyl sites for hydroxylation is 1. The van der Waals surface area contributed by atoms with Crippen molar-refractivity contribution in [1.82, 2.24) is 15.5 Å². The maximum absolute atomic E-state index is 13.6. The van der Waals surface area contributed by atoms with Crippen molar-refractivity contribution in [3.8, 4) is 0 Å². The van der Waals surface area contributed by atoms with Gasteiger partial charge in [0.15, 0.2) is 0 Å². The van der Waals surface area contributed by atoms with Gasteiger partial charge < -0.3 is 21.5 Å². The maximum atomic E-state index is 13.6. The molecule has 0 bridgehead atoms. The van der Waals surface area contributed by atoms with E-state index >= 15 is 0 Å². The number of amides is 3. The fourth-order valence-corrected chi connectivity index (χ4v) is 3.81. The maximum Gasteiger partial charge on any atom is 0.413 e. The number of nitrogens with one attached hydrogen (secondary N) is 3. The van der Waals surface area contributed by atoms with Crippen LogP contribution in [0.2, 0.25) is 0 Å². The first-order valence-electron chi connectivity index (χ1n) is 12.4. The van der Waals surface area contributed by atoms with Gasteiger partial charge in [0.25, 0.3) is 0 Å². The second-order valence-electron chi connectivity index (χ2n) is 8.96. The van der Waals surface area contributed by atoms with Crippen molar-refractivity contribution in [2.45, 2.75) is 38.0 Å². The number of rotatable bonds is 12. The Morgan fingerprint density at radius 2 is 1.46 bits per heavy atom. The molecule has 0 saturated carbocycles. The molecular weight excluding hydrogens is 501 g/mol. The van der Waals surface area contributed by atoms with E-state index in [4.69, 9.17) is 11.1 Å². The number of halogens is 1. The summed E-state index contributed by atoms with van der Waals surface area (Å²) in [6.07, 6.45) is -0.326. The van der Waals surface area contributed by atoms with Crippen LogP contribution in [0.15, 0.2) is 84.9 Å². The fourth-order valence-electron chi connectivity index (χ4n) is 3.81. The Kier molecular flexibility index (Phi) is 10.7. The van der Waals surface area contributed by atoms with Crippen molar-refractivity contribution in [1.29, 1.82) is 5.41 Å². The predicted octanol–water partition coefficient (Wildman–Crippen LogP) is 3.22. The van der Waals surface area contributed by atoms with Crippen LogP contribution in [0, 0.1) is 5.41 Å². The quantitative estimate of drug-likeness (QED) is 0.179. The second kappa shape index (κ2) is 14.4. The number of amidine groups is 1. The first-order chi connectivity index (χ1) is 18.8. The van der Waals surface area contributed by atoms with E-state index in [9.17, 15) is 23.9 Å². The summed E-state index contributed by atoms with van der Waals surface area (Å²) in [6, 6.07) is 22.6. The molecule has 0 heterocycles. The average Bonchev–Trinajstić information content (AvgIpc) is 2.96.